The summed E-state index contributed by atoms with van der Waals surface area (Å²) in [6, 6.07) is 3.90. The predicted octanol–water partition coefficient (Wildman–Crippen LogP) is 1.80. The molecule has 7 nitrogen and oxygen atoms in total. The SMILES string of the molecule is Cn1cc(-c2ccc(CNC(=O)OC3CN4CCC3CC4)cn2)cn1. The number of fused-ring (bicyclic) bond motifs is 3. The van der Waals surface area contributed by atoms with Crippen LogP contribution in [-0.4, -0.2) is 51.5 Å². The summed E-state index contributed by atoms with van der Waals surface area (Å²) < 4.78 is 7.37. The third-order valence-electron chi connectivity index (χ3n) is 5.12. The van der Waals surface area contributed by atoms with Crippen molar-refractivity contribution in [2.45, 2.75) is 25.5 Å². The molecule has 7 heteroatoms. The lowest BCUT2D eigenvalue weighted by atomic mass is 9.86. The van der Waals surface area contributed by atoms with Crippen LogP contribution in [0.5, 0.6) is 0 Å². The molecule has 3 aliphatic heterocycles. The summed E-state index contributed by atoms with van der Waals surface area (Å²) in [5, 5.41) is 6.98. The van der Waals surface area contributed by atoms with E-state index in [1.165, 1.54) is 0 Å². The van der Waals surface area contributed by atoms with Gasteiger partial charge < -0.3 is 10.1 Å². The van der Waals surface area contributed by atoms with Gasteiger partial charge in [0.25, 0.3) is 0 Å². The van der Waals surface area contributed by atoms with Crippen LogP contribution in [0, 0.1) is 5.92 Å². The normalized spacial score (nSPS) is 24.9. The van der Waals surface area contributed by atoms with Crippen molar-refractivity contribution in [3.63, 3.8) is 0 Å². The lowest BCUT2D eigenvalue weighted by molar-refractivity contribution is -0.0332. The molecule has 0 radical (unpaired) electrons. The van der Waals surface area contributed by atoms with E-state index in [1.54, 1.807) is 17.1 Å². The van der Waals surface area contributed by atoms with Gasteiger partial charge in [-0.2, -0.15) is 5.10 Å². The number of aromatic nitrogens is 3. The van der Waals surface area contributed by atoms with Crippen molar-refractivity contribution < 1.29 is 9.53 Å². The molecule has 3 saturated heterocycles. The first-order chi connectivity index (χ1) is 12.2. The van der Waals surface area contributed by atoms with Gasteiger partial charge in [0.1, 0.15) is 6.10 Å². The van der Waals surface area contributed by atoms with Crippen LogP contribution in [0.25, 0.3) is 11.3 Å². The van der Waals surface area contributed by atoms with E-state index in [2.05, 4.69) is 20.3 Å². The largest absolute Gasteiger partial charge is 0.445 e. The molecule has 5 rings (SSSR count). The fourth-order valence-electron chi connectivity index (χ4n) is 3.65. The van der Waals surface area contributed by atoms with Gasteiger partial charge in [-0.1, -0.05) is 6.07 Å². The highest BCUT2D eigenvalue weighted by atomic mass is 16.6. The maximum Gasteiger partial charge on any atom is 0.407 e. The van der Waals surface area contributed by atoms with Gasteiger partial charge in [0.2, 0.25) is 0 Å². The summed E-state index contributed by atoms with van der Waals surface area (Å²) in [5.41, 5.74) is 2.79. The predicted molar refractivity (Wildman–Crippen MR) is 92.7 cm³/mol. The number of hydrogen-bond acceptors (Lipinski definition) is 5. The lowest BCUT2D eigenvalue weighted by Crippen LogP contribution is -2.52. The van der Waals surface area contributed by atoms with Gasteiger partial charge in [-0.3, -0.25) is 14.6 Å². The number of pyridine rings is 1. The third-order valence-corrected chi connectivity index (χ3v) is 5.12. The van der Waals surface area contributed by atoms with Crippen LogP contribution in [0.4, 0.5) is 4.79 Å². The van der Waals surface area contributed by atoms with Crippen LogP contribution in [0.3, 0.4) is 0 Å². The van der Waals surface area contributed by atoms with Crippen molar-refractivity contribution in [1.29, 1.82) is 0 Å². The van der Waals surface area contributed by atoms with Crippen LogP contribution in [0.2, 0.25) is 0 Å². The summed E-state index contributed by atoms with van der Waals surface area (Å²) in [5.74, 6) is 0.524. The maximum absolute atomic E-state index is 12.1. The fraction of sp³-hybridized carbons (Fsp3) is 0.500. The average molecular weight is 341 g/mol. The first kappa shape index (κ1) is 16.1. The lowest BCUT2D eigenvalue weighted by Gasteiger charge is -2.43. The molecule has 1 N–H and O–H groups in total. The molecule has 25 heavy (non-hydrogen) atoms. The van der Waals surface area contributed by atoms with Crippen molar-refractivity contribution in [3.8, 4) is 11.3 Å². The van der Waals surface area contributed by atoms with Crippen LogP contribution < -0.4 is 5.32 Å². The van der Waals surface area contributed by atoms with Crippen molar-refractivity contribution in [3.05, 3.63) is 36.3 Å². The molecule has 3 aliphatic rings. The van der Waals surface area contributed by atoms with E-state index in [9.17, 15) is 4.79 Å². The highest BCUT2D eigenvalue weighted by Gasteiger charge is 2.36. The van der Waals surface area contributed by atoms with Crippen molar-refractivity contribution in [2.75, 3.05) is 19.6 Å². The zero-order chi connectivity index (χ0) is 17.2. The van der Waals surface area contributed by atoms with E-state index in [0.29, 0.717) is 12.5 Å². The van der Waals surface area contributed by atoms with Gasteiger partial charge >= 0.3 is 6.09 Å². The standard InChI is InChI=1S/C18H23N5O2/c1-22-11-15(10-21-22)16-3-2-13(8-19-16)9-20-18(24)25-17-12-23-6-4-14(17)5-7-23/h2-3,8,10-11,14,17H,4-7,9,12H2,1H3,(H,20,24). The molecule has 3 fully saturated rings. The molecule has 0 aromatic carbocycles. The first-order valence-corrected chi connectivity index (χ1v) is 8.78. The monoisotopic (exact) mass is 341 g/mol. The zero-order valence-corrected chi connectivity index (χ0v) is 14.4. The summed E-state index contributed by atoms with van der Waals surface area (Å²) in [4.78, 5) is 18.9. The number of nitrogens with zero attached hydrogens (tertiary/aromatic N) is 4. The second-order valence-corrected chi connectivity index (χ2v) is 6.89. The van der Waals surface area contributed by atoms with E-state index in [4.69, 9.17) is 4.74 Å². The number of piperidine rings is 3. The molecule has 1 unspecified atom stereocenters. The van der Waals surface area contributed by atoms with Gasteiger partial charge in [0.15, 0.2) is 0 Å². The Bertz CT molecular complexity index is 734. The Balaban J connectivity index is 1.28. The molecule has 1 atom stereocenters. The van der Waals surface area contributed by atoms with Gasteiger partial charge in [-0.05, 0) is 43.5 Å². The smallest absolute Gasteiger partial charge is 0.407 e. The fourth-order valence-corrected chi connectivity index (χ4v) is 3.65. The summed E-state index contributed by atoms with van der Waals surface area (Å²) in [7, 11) is 1.88. The van der Waals surface area contributed by atoms with Gasteiger partial charge in [0, 0.05) is 38.1 Å². The van der Waals surface area contributed by atoms with Crippen molar-refractivity contribution >= 4 is 6.09 Å². The Labute approximate surface area is 147 Å². The second kappa shape index (κ2) is 6.84. The van der Waals surface area contributed by atoms with Crippen LogP contribution in [0.15, 0.2) is 30.7 Å². The number of aryl methyl sites for hydroxylation is 1. The number of carbonyl (C=O) groups excluding carboxylic acids is 1. The molecule has 2 aromatic rings. The molecule has 2 bridgehead atoms. The molecule has 1 amide bonds. The van der Waals surface area contributed by atoms with E-state index in [1.807, 2.05) is 25.4 Å². The Hall–Kier alpha value is -2.41. The minimum atomic E-state index is -0.338. The number of amides is 1. The van der Waals surface area contributed by atoms with E-state index < -0.39 is 0 Å². The number of rotatable bonds is 4. The number of alkyl carbamates (subject to hydrolysis) is 1. The Kier molecular flexibility index (Phi) is 4.40. The average Bonchev–Trinajstić information content (AvgIpc) is 3.08. The van der Waals surface area contributed by atoms with Crippen molar-refractivity contribution in [2.24, 2.45) is 13.0 Å². The summed E-state index contributed by atoms with van der Waals surface area (Å²) in [6.07, 6.45) is 7.45. The number of nitrogens with one attached hydrogen (secondary N) is 1. The Morgan fingerprint density at radius 1 is 1.32 bits per heavy atom. The molecule has 5 heterocycles. The molecule has 2 aromatic heterocycles. The van der Waals surface area contributed by atoms with Crippen molar-refractivity contribution in [1.82, 2.24) is 25.0 Å². The van der Waals surface area contributed by atoms with Crippen LogP contribution >= 0.6 is 0 Å². The number of ether oxygens (including phenoxy) is 1. The summed E-state index contributed by atoms with van der Waals surface area (Å²) >= 11 is 0. The molecule has 0 saturated carbocycles. The maximum atomic E-state index is 12.1. The third kappa shape index (κ3) is 3.66. The van der Waals surface area contributed by atoms with Gasteiger partial charge in [0.05, 0.1) is 11.9 Å². The highest BCUT2D eigenvalue weighted by molar-refractivity contribution is 5.67. The zero-order valence-electron chi connectivity index (χ0n) is 14.4. The molecular formula is C18H23N5O2. The minimum absolute atomic E-state index is 0.0357. The molecule has 132 valence electrons. The molecular weight excluding hydrogens is 318 g/mol. The van der Waals surface area contributed by atoms with Crippen LogP contribution in [0.1, 0.15) is 18.4 Å². The topological polar surface area (TPSA) is 72.3 Å². The Morgan fingerprint density at radius 2 is 2.16 bits per heavy atom. The Morgan fingerprint density at radius 3 is 2.76 bits per heavy atom. The second-order valence-electron chi connectivity index (χ2n) is 6.89. The summed E-state index contributed by atoms with van der Waals surface area (Å²) in [6.45, 7) is 3.57. The highest BCUT2D eigenvalue weighted by Crippen LogP contribution is 2.29. The first-order valence-electron chi connectivity index (χ1n) is 8.78. The van der Waals surface area contributed by atoms with E-state index >= 15 is 0 Å². The molecule has 0 aliphatic carbocycles. The number of hydrogen-bond donors (Lipinski definition) is 1. The quantitative estimate of drug-likeness (QED) is 0.918. The minimum Gasteiger partial charge on any atom is -0.445 e. The number of carbonyl (C=O) groups is 1. The van der Waals surface area contributed by atoms with Gasteiger partial charge in [-0.25, -0.2) is 4.79 Å². The molecule has 0 spiro atoms. The van der Waals surface area contributed by atoms with Gasteiger partial charge in [-0.15, -0.1) is 0 Å². The van der Waals surface area contributed by atoms with E-state index in [-0.39, 0.29) is 12.2 Å². The van der Waals surface area contributed by atoms with Crippen LogP contribution in [-0.2, 0) is 18.3 Å². The van der Waals surface area contributed by atoms with E-state index in [0.717, 1.165) is 49.3 Å².